The van der Waals surface area contributed by atoms with Gasteiger partial charge in [-0.1, -0.05) is 30.3 Å². The third-order valence-electron chi connectivity index (χ3n) is 4.82. The molecule has 2 aromatic carbocycles. The summed E-state index contributed by atoms with van der Waals surface area (Å²) in [6.45, 7) is 3.00. The molecule has 26 heavy (non-hydrogen) atoms. The Kier molecular flexibility index (Phi) is 4.24. The molecule has 6 heteroatoms. The van der Waals surface area contributed by atoms with E-state index in [-0.39, 0.29) is 30.6 Å². The maximum absolute atomic E-state index is 12.5. The molecule has 6 nitrogen and oxygen atoms in total. The van der Waals surface area contributed by atoms with Crippen molar-refractivity contribution in [2.45, 2.75) is 13.0 Å². The summed E-state index contributed by atoms with van der Waals surface area (Å²) in [5, 5.41) is 3.02. The molecule has 2 aliphatic heterocycles. The van der Waals surface area contributed by atoms with Gasteiger partial charge in [-0.2, -0.15) is 0 Å². The van der Waals surface area contributed by atoms with Crippen molar-refractivity contribution in [3.05, 3.63) is 59.7 Å². The van der Waals surface area contributed by atoms with Crippen LogP contribution in [0.1, 0.15) is 28.9 Å². The van der Waals surface area contributed by atoms with Gasteiger partial charge in [-0.15, -0.1) is 0 Å². The van der Waals surface area contributed by atoms with E-state index in [2.05, 4.69) is 5.32 Å². The lowest BCUT2D eigenvalue weighted by Gasteiger charge is -2.38. The summed E-state index contributed by atoms with van der Waals surface area (Å²) in [6.07, 6.45) is 0. The van der Waals surface area contributed by atoms with E-state index in [0.29, 0.717) is 30.2 Å². The number of carbonyl (C=O) groups is 2. The topological polar surface area (TPSA) is 67.9 Å². The molecule has 1 unspecified atom stereocenters. The highest BCUT2D eigenvalue weighted by molar-refractivity contribution is 5.96. The van der Waals surface area contributed by atoms with Crippen molar-refractivity contribution in [3.8, 4) is 11.5 Å². The Morgan fingerprint density at radius 3 is 2.58 bits per heavy atom. The Balaban J connectivity index is 1.32. The van der Waals surface area contributed by atoms with Gasteiger partial charge in [0.25, 0.3) is 5.91 Å². The van der Waals surface area contributed by atoms with Gasteiger partial charge in [0.05, 0.1) is 12.0 Å². The van der Waals surface area contributed by atoms with E-state index in [4.69, 9.17) is 9.47 Å². The number of ether oxygens (including phenoxy) is 2. The number of hydrogen-bond acceptors (Lipinski definition) is 4. The van der Waals surface area contributed by atoms with Crippen LogP contribution >= 0.6 is 0 Å². The number of nitrogens with zero attached hydrogens (tertiary/aromatic N) is 1. The zero-order chi connectivity index (χ0) is 18.1. The van der Waals surface area contributed by atoms with Crippen LogP contribution in [0.4, 0.5) is 0 Å². The lowest BCUT2D eigenvalue weighted by molar-refractivity contribution is -0.129. The first-order chi connectivity index (χ1) is 12.6. The van der Waals surface area contributed by atoms with Gasteiger partial charge in [0.15, 0.2) is 11.5 Å². The van der Waals surface area contributed by atoms with Crippen molar-refractivity contribution >= 4 is 11.8 Å². The average Bonchev–Trinajstić information content (AvgIpc) is 3.08. The summed E-state index contributed by atoms with van der Waals surface area (Å²) in [7, 11) is 0. The summed E-state index contributed by atoms with van der Waals surface area (Å²) in [5.74, 6) is 0.957. The van der Waals surface area contributed by atoms with Crippen LogP contribution in [-0.2, 0) is 4.79 Å². The molecule has 1 saturated heterocycles. The summed E-state index contributed by atoms with van der Waals surface area (Å²) in [6, 6.07) is 14.9. The van der Waals surface area contributed by atoms with Gasteiger partial charge >= 0.3 is 0 Å². The van der Waals surface area contributed by atoms with E-state index in [0.717, 1.165) is 5.56 Å². The molecule has 1 fully saturated rings. The molecule has 0 bridgehead atoms. The van der Waals surface area contributed by atoms with Crippen molar-refractivity contribution in [1.29, 1.82) is 0 Å². The van der Waals surface area contributed by atoms with Gasteiger partial charge in [0.1, 0.15) is 0 Å². The van der Waals surface area contributed by atoms with Crippen LogP contribution in [0.2, 0.25) is 0 Å². The maximum Gasteiger partial charge on any atom is 0.254 e. The van der Waals surface area contributed by atoms with E-state index < -0.39 is 0 Å². The Morgan fingerprint density at radius 1 is 1.08 bits per heavy atom. The van der Waals surface area contributed by atoms with Gasteiger partial charge in [-0.3, -0.25) is 9.59 Å². The van der Waals surface area contributed by atoms with Crippen LogP contribution in [0.15, 0.2) is 48.5 Å². The van der Waals surface area contributed by atoms with Crippen molar-refractivity contribution in [1.82, 2.24) is 10.2 Å². The molecule has 4 rings (SSSR count). The molecular weight excluding hydrogens is 332 g/mol. The van der Waals surface area contributed by atoms with Crippen LogP contribution < -0.4 is 14.8 Å². The zero-order valence-corrected chi connectivity index (χ0v) is 14.5. The van der Waals surface area contributed by atoms with E-state index in [9.17, 15) is 9.59 Å². The first-order valence-electron chi connectivity index (χ1n) is 8.66. The molecule has 0 aliphatic carbocycles. The van der Waals surface area contributed by atoms with Crippen molar-refractivity contribution in [2.24, 2.45) is 5.92 Å². The molecule has 0 radical (unpaired) electrons. The fourth-order valence-corrected chi connectivity index (χ4v) is 3.18. The maximum atomic E-state index is 12.5. The Labute approximate surface area is 151 Å². The van der Waals surface area contributed by atoms with Crippen LogP contribution in [0.3, 0.4) is 0 Å². The predicted octanol–water partition coefficient (Wildman–Crippen LogP) is 2.36. The largest absolute Gasteiger partial charge is 0.454 e. The Hall–Kier alpha value is -3.02. The minimum absolute atomic E-state index is 0.0175. The van der Waals surface area contributed by atoms with Crippen molar-refractivity contribution in [3.63, 3.8) is 0 Å². The second-order valence-corrected chi connectivity index (χ2v) is 6.62. The Bertz CT molecular complexity index is 831. The van der Waals surface area contributed by atoms with Crippen LogP contribution in [0.25, 0.3) is 0 Å². The van der Waals surface area contributed by atoms with Gasteiger partial charge in [-0.25, -0.2) is 0 Å². The number of amides is 2. The predicted molar refractivity (Wildman–Crippen MR) is 95.0 cm³/mol. The molecule has 0 aromatic heterocycles. The fourth-order valence-electron chi connectivity index (χ4n) is 3.18. The van der Waals surface area contributed by atoms with Crippen LogP contribution in [0, 0.1) is 5.92 Å². The molecule has 0 saturated carbocycles. The molecule has 2 aromatic rings. The lowest BCUT2D eigenvalue weighted by Crippen LogP contribution is -2.55. The van der Waals surface area contributed by atoms with E-state index in [1.165, 1.54) is 0 Å². The standard InChI is InChI=1S/C20H20N2O4/c1-13(14-5-3-2-4-6-14)21-19(23)16-10-22(11-16)20(24)15-7-8-17-18(9-15)26-12-25-17/h2-9,13,16H,10-12H2,1H3,(H,21,23). The summed E-state index contributed by atoms with van der Waals surface area (Å²) in [4.78, 5) is 26.6. The Morgan fingerprint density at radius 2 is 1.81 bits per heavy atom. The van der Waals surface area contributed by atoms with Gasteiger partial charge in [0.2, 0.25) is 12.7 Å². The number of hydrogen-bond donors (Lipinski definition) is 1. The summed E-state index contributed by atoms with van der Waals surface area (Å²) in [5.41, 5.74) is 1.61. The quantitative estimate of drug-likeness (QED) is 0.917. The number of nitrogens with one attached hydrogen (secondary N) is 1. The lowest BCUT2D eigenvalue weighted by atomic mass is 9.97. The normalized spacial score (nSPS) is 16.7. The molecule has 2 heterocycles. The molecule has 0 spiro atoms. The van der Waals surface area contributed by atoms with Crippen LogP contribution in [0.5, 0.6) is 11.5 Å². The molecular formula is C20H20N2O4. The second kappa shape index (κ2) is 6.71. The highest BCUT2D eigenvalue weighted by Crippen LogP contribution is 2.33. The first-order valence-corrected chi connectivity index (χ1v) is 8.66. The smallest absolute Gasteiger partial charge is 0.254 e. The molecule has 1 atom stereocenters. The highest BCUT2D eigenvalue weighted by Gasteiger charge is 2.36. The third-order valence-corrected chi connectivity index (χ3v) is 4.82. The van der Waals surface area contributed by atoms with Crippen LogP contribution in [-0.4, -0.2) is 36.6 Å². The zero-order valence-electron chi connectivity index (χ0n) is 14.5. The minimum atomic E-state index is -0.167. The summed E-state index contributed by atoms with van der Waals surface area (Å²) < 4.78 is 10.6. The van der Waals surface area contributed by atoms with Crippen molar-refractivity contribution < 1.29 is 19.1 Å². The van der Waals surface area contributed by atoms with E-state index in [1.54, 1.807) is 23.1 Å². The third kappa shape index (κ3) is 3.10. The molecule has 2 amide bonds. The van der Waals surface area contributed by atoms with Gasteiger partial charge in [-0.05, 0) is 30.7 Å². The van der Waals surface area contributed by atoms with Gasteiger partial charge in [0, 0.05) is 18.7 Å². The number of carbonyl (C=O) groups excluding carboxylic acids is 2. The number of likely N-dealkylation sites (tertiary alicyclic amines) is 1. The highest BCUT2D eigenvalue weighted by atomic mass is 16.7. The first kappa shape index (κ1) is 16.4. The second-order valence-electron chi connectivity index (χ2n) is 6.62. The minimum Gasteiger partial charge on any atom is -0.454 e. The van der Waals surface area contributed by atoms with Crippen molar-refractivity contribution in [2.75, 3.05) is 19.9 Å². The number of fused-ring (bicyclic) bond motifs is 1. The molecule has 2 aliphatic rings. The van der Waals surface area contributed by atoms with E-state index in [1.807, 2.05) is 37.3 Å². The SMILES string of the molecule is CC(NC(=O)C1CN(C(=O)c2ccc3c(c2)OCO3)C1)c1ccccc1. The fraction of sp³-hybridized carbons (Fsp3) is 0.300. The summed E-state index contributed by atoms with van der Waals surface area (Å²) >= 11 is 0. The number of benzene rings is 2. The number of rotatable bonds is 4. The van der Waals surface area contributed by atoms with Gasteiger partial charge < -0.3 is 19.7 Å². The molecule has 1 N–H and O–H groups in total. The molecule has 134 valence electrons. The van der Waals surface area contributed by atoms with E-state index >= 15 is 0 Å². The monoisotopic (exact) mass is 352 g/mol. The average molecular weight is 352 g/mol.